The summed E-state index contributed by atoms with van der Waals surface area (Å²) in [5.41, 5.74) is 0. The molecular formula is C21H42O5. The largest absolute Gasteiger partial charge is 0.379 e. The molecule has 0 radical (unpaired) electrons. The van der Waals surface area contributed by atoms with Crippen LogP contribution in [0.2, 0.25) is 0 Å². The molecule has 0 saturated carbocycles. The Balaban J connectivity index is 2.46. The van der Waals surface area contributed by atoms with E-state index >= 15 is 0 Å². The van der Waals surface area contributed by atoms with E-state index < -0.39 is 5.97 Å². The molecule has 156 valence electrons. The average molecular weight is 375 g/mol. The Hall–Kier alpha value is -0.200. The van der Waals surface area contributed by atoms with Crippen LogP contribution in [-0.4, -0.2) is 52.2 Å². The Labute approximate surface area is 161 Å². The molecule has 0 aromatic carbocycles. The summed E-state index contributed by atoms with van der Waals surface area (Å²) >= 11 is 0. The maximum Gasteiger partial charge on any atom is 0.285 e. The van der Waals surface area contributed by atoms with Gasteiger partial charge in [-0.25, -0.2) is 0 Å². The van der Waals surface area contributed by atoms with E-state index in [1.807, 2.05) is 13.8 Å². The van der Waals surface area contributed by atoms with E-state index in [2.05, 4.69) is 6.92 Å². The van der Waals surface area contributed by atoms with Gasteiger partial charge >= 0.3 is 0 Å². The fraction of sp³-hybridized carbons (Fsp3) is 1.00. The van der Waals surface area contributed by atoms with Crippen molar-refractivity contribution >= 4 is 0 Å². The number of unbranched alkanes of at least 4 members (excludes halogenated alkanes) is 5. The van der Waals surface area contributed by atoms with Crippen molar-refractivity contribution in [1.82, 2.24) is 0 Å². The van der Waals surface area contributed by atoms with E-state index in [9.17, 15) is 0 Å². The maximum atomic E-state index is 5.98. The molecule has 0 bridgehead atoms. The highest BCUT2D eigenvalue weighted by atomic mass is 16.9. The summed E-state index contributed by atoms with van der Waals surface area (Å²) in [5, 5.41) is 0. The third kappa shape index (κ3) is 9.65. The first-order chi connectivity index (χ1) is 12.7. The molecule has 0 aromatic heterocycles. The second kappa shape index (κ2) is 14.8. The van der Waals surface area contributed by atoms with Crippen molar-refractivity contribution in [1.29, 1.82) is 0 Å². The molecule has 1 rings (SSSR count). The minimum atomic E-state index is -0.924. The van der Waals surface area contributed by atoms with Crippen molar-refractivity contribution in [2.45, 2.75) is 90.6 Å². The molecule has 0 amide bonds. The number of hydrogen-bond donors (Lipinski definition) is 0. The summed E-state index contributed by atoms with van der Waals surface area (Å²) in [5.74, 6) is -0.702. The molecule has 2 atom stereocenters. The van der Waals surface area contributed by atoms with E-state index in [1.54, 1.807) is 7.11 Å². The molecule has 0 aliphatic carbocycles. The Morgan fingerprint density at radius 1 is 0.923 bits per heavy atom. The molecule has 1 heterocycles. The Morgan fingerprint density at radius 3 is 2.12 bits per heavy atom. The van der Waals surface area contributed by atoms with Crippen molar-refractivity contribution < 1.29 is 23.7 Å². The van der Waals surface area contributed by atoms with Gasteiger partial charge in [-0.15, -0.1) is 0 Å². The lowest BCUT2D eigenvalue weighted by atomic mass is 9.93. The Kier molecular flexibility index (Phi) is 13.6. The van der Waals surface area contributed by atoms with Gasteiger partial charge in [0.25, 0.3) is 5.97 Å². The summed E-state index contributed by atoms with van der Waals surface area (Å²) in [6.07, 6.45) is 11.1. The summed E-state index contributed by atoms with van der Waals surface area (Å²) in [7, 11) is 1.69. The van der Waals surface area contributed by atoms with Crippen molar-refractivity contribution in [2.75, 3.05) is 40.1 Å². The van der Waals surface area contributed by atoms with Gasteiger partial charge in [0.2, 0.25) is 0 Å². The van der Waals surface area contributed by atoms with Crippen LogP contribution in [0.3, 0.4) is 0 Å². The molecule has 5 heteroatoms. The molecular weight excluding hydrogens is 332 g/mol. The predicted molar refractivity (Wildman–Crippen MR) is 104 cm³/mol. The lowest BCUT2D eigenvalue weighted by Crippen LogP contribution is -2.46. The van der Waals surface area contributed by atoms with Gasteiger partial charge in [0.1, 0.15) is 6.10 Å². The minimum absolute atomic E-state index is 0.222. The van der Waals surface area contributed by atoms with Gasteiger partial charge in [-0.1, -0.05) is 45.4 Å². The van der Waals surface area contributed by atoms with Crippen LogP contribution in [0.25, 0.3) is 0 Å². The zero-order valence-electron chi connectivity index (χ0n) is 17.6. The van der Waals surface area contributed by atoms with Crippen LogP contribution in [-0.2, 0) is 23.7 Å². The summed E-state index contributed by atoms with van der Waals surface area (Å²) in [6, 6.07) is 0. The molecule has 1 fully saturated rings. The fourth-order valence-corrected chi connectivity index (χ4v) is 3.44. The second-order valence-corrected chi connectivity index (χ2v) is 7.10. The van der Waals surface area contributed by atoms with Crippen LogP contribution >= 0.6 is 0 Å². The molecule has 0 N–H and O–H groups in total. The maximum absolute atomic E-state index is 5.98. The smallest absolute Gasteiger partial charge is 0.285 e. The van der Waals surface area contributed by atoms with Crippen molar-refractivity contribution in [3.8, 4) is 0 Å². The van der Waals surface area contributed by atoms with E-state index in [0.717, 1.165) is 32.5 Å². The van der Waals surface area contributed by atoms with Gasteiger partial charge in [0.05, 0.1) is 13.2 Å². The van der Waals surface area contributed by atoms with Gasteiger partial charge in [0.15, 0.2) is 0 Å². The van der Waals surface area contributed by atoms with Crippen molar-refractivity contribution in [3.63, 3.8) is 0 Å². The highest BCUT2D eigenvalue weighted by molar-refractivity contribution is 4.73. The number of methoxy groups -OCH3 is 1. The molecule has 1 aliphatic heterocycles. The zero-order chi connectivity index (χ0) is 19.1. The molecule has 26 heavy (non-hydrogen) atoms. The van der Waals surface area contributed by atoms with Crippen LogP contribution < -0.4 is 0 Å². The van der Waals surface area contributed by atoms with Crippen LogP contribution in [0.1, 0.15) is 78.6 Å². The number of epoxide rings is 1. The molecule has 0 aromatic rings. The lowest BCUT2D eigenvalue weighted by molar-refractivity contribution is -0.396. The number of hydrogen-bond acceptors (Lipinski definition) is 5. The fourth-order valence-electron chi connectivity index (χ4n) is 3.44. The first-order valence-corrected chi connectivity index (χ1v) is 10.7. The predicted octanol–water partition coefficient (Wildman–Crippen LogP) is 4.92. The topological polar surface area (TPSA) is 49.5 Å². The molecule has 0 spiro atoms. The molecule has 1 aliphatic rings. The third-order valence-corrected chi connectivity index (χ3v) is 4.93. The van der Waals surface area contributed by atoms with Crippen molar-refractivity contribution in [3.05, 3.63) is 0 Å². The minimum Gasteiger partial charge on any atom is -0.379 e. The van der Waals surface area contributed by atoms with Gasteiger partial charge in [-0.2, -0.15) is 0 Å². The number of ether oxygens (including phenoxy) is 5. The van der Waals surface area contributed by atoms with Gasteiger partial charge < -0.3 is 23.7 Å². The zero-order valence-corrected chi connectivity index (χ0v) is 17.6. The van der Waals surface area contributed by atoms with Crippen LogP contribution in [0.4, 0.5) is 0 Å². The van der Waals surface area contributed by atoms with Crippen LogP contribution in [0.15, 0.2) is 0 Å². The van der Waals surface area contributed by atoms with E-state index in [0.29, 0.717) is 25.9 Å². The monoisotopic (exact) mass is 374 g/mol. The second-order valence-electron chi connectivity index (χ2n) is 7.10. The highest BCUT2D eigenvalue weighted by Crippen LogP contribution is 2.33. The quantitative estimate of drug-likeness (QED) is 0.182. The molecule has 5 nitrogen and oxygen atoms in total. The number of rotatable bonds is 19. The SMILES string of the molecule is CCCCCCCCC(CCCOCC1CO1)C(OC)(OCC)OCC. The third-order valence-electron chi connectivity index (χ3n) is 4.93. The lowest BCUT2D eigenvalue weighted by Gasteiger charge is -2.38. The Morgan fingerprint density at radius 2 is 1.54 bits per heavy atom. The summed E-state index contributed by atoms with van der Waals surface area (Å²) in [4.78, 5) is 0. The highest BCUT2D eigenvalue weighted by Gasteiger charge is 2.40. The normalized spacial score (nSPS) is 18.2. The van der Waals surface area contributed by atoms with Crippen LogP contribution in [0, 0.1) is 5.92 Å². The van der Waals surface area contributed by atoms with Gasteiger partial charge in [-0.3, -0.25) is 0 Å². The van der Waals surface area contributed by atoms with Gasteiger partial charge in [-0.05, 0) is 33.1 Å². The summed E-state index contributed by atoms with van der Waals surface area (Å²) in [6.45, 7) is 9.72. The molecule has 2 unspecified atom stereocenters. The van der Waals surface area contributed by atoms with Crippen molar-refractivity contribution in [2.24, 2.45) is 5.92 Å². The first-order valence-electron chi connectivity index (χ1n) is 10.7. The first kappa shape index (κ1) is 23.8. The van der Waals surface area contributed by atoms with E-state index in [4.69, 9.17) is 23.7 Å². The van der Waals surface area contributed by atoms with E-state index in [1.165, 1.54) is 38.5 Å². The molecule has 1 saturated heterocycles. The standard InChI is InChI=1S/C21H42O5/c1-5-8-9-10-11-12-14-19(15-13-16-23-17-20-18-24-20)21(22-4,25-6-2)26-7-3/h19-20H,5-18H2,1-4H3. The van der Waals surface area contributed by atoms with E-state index in [-0.39, 0.29) is 5.92 Å². The van der Waals surface area contributed by atoms with Gasteiger partial charge in [0, 0.05) is 32.8 Å². The van der Waals surface area contributed by atoms with Crippen LogP contribution in [0.5, 0.6) is 0 Å². The Bertz CT molecular complexity index is 314. The summed E-state index contributed by atoms with van der Waals surface area (Å²) < 4.78 is 28.6. The average Bonchev–Trinajstić information content (AvgIpc) is 3.46.